The van der Waals surface area contributed by atoms with E-state index < -0.39 is 38.1 Å². The van der Waals surface area contributed by atoms with Crippen LogP contribution in [0.5, 0.6) is 0 Å². The fourth-order valence-corrected chi connectivity index (χ4v) is 1.82. The molecule has 0 aliphatic carbocycles. The van der Waals surface area contributed by atoms with Gasteiger partial charge < -0.3 is 5.11 Å². The van der Waals surface area contributed by atoms with Gasteiger partial charge in [0, 0.05) is 6.07 Å². The Kier molecular flexibility index (Phi) is 3.24. The molecule has 1 aromatic rings. The van der Waals surface area contributed by atoms with E-state index in [0.717, 1.165) is 7.05 Å². The summed E-state index contributed by atoms with van der Waals surface area (Å²) >= 11 is 0. The summed E-state index contributed by atoms with van der Waals surface area (Å²) in [5.74, 6) is -4.36. The third-order valence-electron chi connectivity index (χ3n) is 1.81. The van der Waals surface area contributed by atoms with Crippen LogP contribution in [-0.4, -0.2) is 26.5 Å². The van der Waals surface area contributed by atoms with E-state index >= 15 is 0 Å². The third kappa shape index (κ3) is 2.17. The first kappa shape index (κ1) is 12.5. The lowest BCUT2D eigenvalue weighted by Gasteiger charge is -2.05. The lowest BCUT2D eigenvalue weighted by atomic mass is 10.2. The van der Waals surface area contributed by atoms with Gasteiger partial charge in [-0.15, -0.1) is 0 Å². The minimum Gasteiger partial charge on any atom is -0.478 e. The van der Waals surface area contributed by atoms with Gasteiger partial charge in [0.1, 0.15) is 16.5 Å². The lowest BCUT2D eigenvalue weighted by Crippen LogP contribution is -2.21. The second-order valence-electron chi connectivity index (χ2n) is 2.78. The van der Waals surface area contributed by atoms with E-state index in [9.17, 15) is 22.0 Å². The van der Waals surface area contributed by atoms with Gasteiger partial charge in [-0.2, -0.15) is 0 Å². The topological polar surface area (TPSA) is 83.5 Å². The number of hydrogen-bond donors (Lipinski definition) is 2. The maximum absolute atomic E-state index is 13.1. The average Bonchev–Trinajstić information content (AvgIpc) is 2.16. The van der Waals surface area contributed by atoms with Crippen molar-refractivity contribution in [3.8, 4) is 0 Å². The second kappa shape index (κ2) is 4.14. The van der Waals surface area contributed by atoms with Gasteiger partial charge in [-0.3, -0.25) is 0 Å². The van der Waals surface area contributed by atoms with E-state index in [2.05, 4.69) is 0 Å². The molecule has 16 heavy (non-hydrogen) atoms. The molecule has 0 fully saturated rings. The summed E-state index contributed by atoms with van der Waals surface area (Å²) in [7, 11) is -3.13. The van der Waals surface area contributed by atoms with Crippen molar-refractivity contribution >= 4 is 16.0 Å². The summed E-state index contributed by atoms with van der Waals surface area (Å²) in [6, 6.07) is 0.645. The van der Waals surface area contributed by atoms with Crippen molar-refractivity contribution in [2.75, 3.05) is 7.05 Å². The molecular weight excluding hydrogens is 244 g/mol. The Hall–Kier alpha value is -1.54. The fourth-order valence-electron chi connectivity index (χ4n) is 1.01. The van der Waals surface area contributed by atoms with Crippen LogP contribution in [0.25, 0.3) is 0 Å². The van der Waals surface area contributed by atoms with Crippen molar-refractivity contribution < 1.29 is 27.1 Å². The summed E-state index contributed by atoms with van der Waals surface area (Å²) in [5.41, 5.74) is -0.907. The fraction of sp³-hybridized carbons (Fsp3) is 0.125. The first-order valence-electron chi connectivity index (χ1n) is 3.95. The van der Waals surface area contributed by atoms with Crippen molar-refractivity contribution in [1.29, 1.82) is 0 Å². The molecule has 0 aliphatic heterocycles. The number of carboxylic acid groups (broad SMARTS) is 1. The first-order valence-corrected chi connectivity index (χ1v) is 5.44. The SMILES string of the molecule is CNS(=O)(=O)c1cc(C(=O)O)c(F)cc1F. The number of hydrogen-bond acceptors (Lipinski definition) is 3. The van der Waals surface area contributed by atoms with E-state index in [0.29, 0.717) is 6.07 Å². The average molecular weight is 251 g/mol. The van der Waals surface area contributed by atoms with Crippen LogP contribution in [0.3, 0.4) is 0 Å². The number of aromatic carboxylic acids is 1. The van der Waals surface area contributed by atoms with Crippen molar-refractivity contribution in [2.45, 2.75) is 4.90 Å². The Morgan fingerprint density at radius 3 is 2.31 bits per heavy atom. The van der Waals surface area contributed by atoms with Gasteiger partial charge in [0.15, 0.2) is 0 Å². The van der Waals surface area contributed by atoms with Crippen LogP contribution in [0, 0.1) is 11.6 Å². The molecule has 0 saturated heterocycles. The van der Waals surface area contributed by atoms with Crippen molar-refractivity contribution in [3.63, 3.8) is 0 Å². The van der Waals surface area contributed by atoms with Gasteiger partial charge in [-0.05, 0) is 13.1 Å². The summed E-state index contributed by atoms with van der Waals surface area (Å²) in [4.78, 5) is 9.61. The number of nitrogens with one attached hydrogen (secondary N) is 1. The van der Waals surface area contributed by atoms with Crippen molar-refractivity contribution in [1.82, 2.24) is 4.72 Å². The molecule has 88 valence electrons. The number of benzene rings is 1. The molecule has 1 rings (SSSR count). The molecule has 1 aromatic carbocycles. The molecule has 0 aliphatic rings. The molecule has 8 heteroatoms. The predicted octanol–water partition coefficient (Wildman–Crippen LogP) is 0.571. The Balaban J connectivity index is 3.55. The molecule has 0 amide bonds. The van der Waals surface area contributed by atoms with Gasteiger partial charge in [-0.25, -0.2) is 26.7 Å². The van der Waals surface area contributed by atoms with Crippen LogP contribution in [0.2, 0.25) is 0 Å². The second-order valence-corrected chi connectivity index (χ2v) is 4.63. The van der Waals surface area contributed by atoms with Crippen LogP contribution in [0.15, 0.2) is 17.0 Å². The number of rotatable bonds is 3. The van der Waals surface area contributed by atoms with Crippen LogP contribution < -0.4 is 4.72 Å². The van der Waals surface area contributed by atoms with Crippen LogP contribution in [0.4, 0.5) is 8.78 Å². The zero-order valence-electron chi connectivity index (χ0n) is 7.99. The highest BCUT2D eigenvalue weighted by Gasteiger charge is 2.22. The Morgan fingerprint density at radius 1 is 1.31 bits per heavy atom. The summed E-state index contributed by atoms with van der Waals surface area (Å²) < 4.78 is 50.3. The summed E-state index contributed by atoms with van der Waals surface area (Å²) in [5, 5.41) is 8.54. The maximum atomic E-state index is 13.1. The predicted molar refractivity (Wildman–Crippen MR) is 49.6 cm³/mol. The molecule has 0 bridgehead atoms. The zero-order valence-corrected chi connectivity index (χ0v) is 8.81. The molecule has 5 nitrogen and oxygen atoms in total. The van der Waals surface area contributed by atoms with E-state index in [1.54, 1.807) is 4.72 Å². The minimum atomic E-state index is -4.16. The van der Waals surface area contributed by atoms with Gasteiger partial charge in [0.25, 0.3) is 0 Å². The van der Waals surface area contributed by atoms with Crippen LogP contribution in [0.1, 0.15) is 10.4 Å². The van der Waals surface area contributed by atoms with Gasteiger partial charge in [0.05, 0.1) is 5.56 Å². The highest BCUT2D eigenvalue weighted by atomic mass is 32.2. The molecular formula is C8H7F2NO4S. The van der Waals surface area contributed by atoms with E-state index in [1.807, 2.05) is 0 Å². The Morgan fingerprint density at radius 2 is 1.88 bits per heavy atom. The normalized spacial score (nSPS) is 11.4. The standard InChI is InChI=1S/C8H7F2NO4S/c1-11-16(14,15)7-2-4(8(12)13)5(9)3-6(7)10/h2-3,11H,1H3,(H,12,13). The lowest BCUT2D eigenvalue weighted by molar-refractivity contribution is 0.0691. The Bertz CT molecular complexity index is 541. The van der Waals surface area contributed by atoms with E-state index in [4.69, 9.17) is 5.11 Å². The molecule has 0 unspecified atom stereocenters. The van der Waals surface area contributed by atoms with Crippen molar-refractivity contribution in [2.24, 2.45) is 0 Å². The smallest absolute Gasteiger partial charge is 0.338 e. The first-order chi connectivity index (χ1) is 7.29. The Labute approximate surface area is 89.8 Å². The molecule has 0 aromatic heterocycles. The van der Waals surface area contributed by atoms with Crippen molar-refractivity contribution in [3.05, 3.63) is 29.3 Å². The number of carboxylic acids is 1. The zero-order chi connectivity index (χ0) is 12.5. The minimum absolute atomic E-state index is 0.216. The van der Waals surface area contributed by atoms with Gasteiger partial charge in [0.2, 0.25) is 10.0 Å². The molecule has 0 spiro atoms. The van der Waals surface area contributed by atoms with E-state index in [-0.39, 0.29) is 6.07 Å². The molecule has 2 N–H and O–H groups in total. The van der Waals surface area contributed by atoms with Gasteiger partial charge in [-0.1, -0.05) is 0 Å². The number of carbonyl (C=O) groups is 1. The maximum Gasteiger partial charge on any atom is 0.338 e. The largest absolute Gasteiger partial charge is 0.478 e. The molecule has 0 heterocycles. The highest BCUT2D eigenvalue weighted by Crippen LogP contribution is 2.19. The molecule has 0 saturated carbocycles. The number of halogens is 2. The summed E-state index contributed by atoms with van der Waals surface area (Å²) in [6.07, 6.45) is 0. The third-order valence-corrected chi connectivity index (χ3v) is 3.24. The van der Waals surface area contributed by atoms with Crippen LogP contribution in [-0.2, 0) is 10.0 Å². The molecule has 0 atom stereocenters. The van der Waals surface area contributed by atoms with E-state index in [1.165, 1.54) is 0 Å². The molecule has 0 radical (unpaired) electrons. The number of sulfonamides is 1. The summed E-state index contributed by atoms with van der Waals surface area (Å²) in [6.45, 7) is 0. The van der Waals surface area contributed by atoms with Crippen LogP contribution >= 0.6 is 0 Å². The quantitative estimate of drug-likeness (QED) is 0.822. The van der Waals surface area contributed by atoms with Gasteiger partial charge >= 0.3 is 5.97 Å². The highest BCUT2D eigenvalue weighted by molar-refractivity contribution is 7.89. The monoisotopic (exact) mass is 251 g/mol.